The zero-order valence-electron chi connectivity index (χ0n) is 11.1. The lowest BCUT2D eigenvalue weighted by molar-refractivity contribution is -0.127. The SMILES string of the molecule is CCOCC(=O)NC1C2CCCC1CC(N)C2.Cl. The van der Waals surface area contributed by atoms with Crippen molar-refractivity contribution >= 4 is 18.3 Å². The molecule has 2 fully saturated rings. The Morgan fingerprint density at radius 1 is 1.33 bits per heavy atom. The van der Waals surface area contributed by atoms with Gasteiger partial charge in [-0.2, -0.15) is 0 Å². The van der Waals surface area contributed by atoms with Crippen LogP contribution in [0.5, 0.6) is 0 Å². The summed E-state index contributed by atoms with van der Waals surface area (Å²) in [6.45, 7) is 2.69. The van der Waals surface area contributed by atoms with Gasteiger partial charge < -0.3 is 15.8 Å². The van der Waals surface area contributed by atoms with E-state index in [2.05, 4.69) is 5.32 Å². The summed E-state index contributed by atoms with van der Waals surface area (Å²) in [6.07, 6.45) is 5.85. The molecule has 0 aliphatic heterocycles. The Morgan fingerprint density at radius 3 is 2.50 bits per heavy atom. The number of hydrogen-bond donors (Lipinski definition) is 2. The van der Waals surface area contributed by atoms with Gasteiger partial charge in [0.1, 0.15) is 6.61 Å². The normalized spacial score (nSPS) is 34.6. The van der Waals surface area contributed by atoms with Gasteiger partial charge in [-0.1, -0.05) is 6.42 Å². The number of amides is 1. The Kier molecular flexibility index (Phi) is 6.39. The summed E-state index contributed by atoms with van der Waals surface area (Å²) >= 11 is 0. The lowest BCUT2D eigenvalue weighted by Gasteiger charge is -2.45. The second-order valence-corrected chi connectivity index (χ2v) is 5.41. The minimum absolute atomic E-state index is 0. The van der Waals surface area contributed by atoms with E-state index in [0.29, 0.717) is 30.5 Å². The summed E-state index contributed by atoms with van der Waals surface area (Å²) in [5.41, 5.74) is 6.06. The topological polar surface area (TPSA) is 64.3 Å². The third kappa shape index (κ3) is 3.84. The van der Waals surface area contributed by atoms with Gasteiger partial charge in [0.25, 0.3) is 0 Å². The van der Waals surface area contributed by atoms with E-state index in [1.54, 1.807) is 0 Å². The lowest BCUT2D eigenvalue weighted by Crippen LogP contribution is -2.54. The van der Waals surface area contributed by atoms with Crippen molar-refractivity contribution in [2.45, 2.75) is 51.1 Å². The first-order chi connectivity index (χ1) is 8.20. The molecule has 0 saturated heterocycles. The van der Waals surface area contributed by atoms with E-state index >= 15 is 0 Å². The largest absolute Gasteiger partial charge is 0.372 e. The number of rotatable bonds is 4. The van der Waals surface area contributed by atoms with E-state index < -0.39 is 0 Å². The number of nitrogens with one attached hydrogen (secondary N) is 1. The van der Waals surface area contributed by atoms with Crippen LogP contribution in [-0.2, 0) is 9.53 Å². The second kappa shape index (κ2) is 7.31. The summed E-state index contributed by atoms with van der Waals surface area (Å²) in [5, 5.41) is 3.16. The standard InChI is InChI=1S/C13H24N2O2.ClH/c1-2-17-8-12(16)15-13-9-4-3-5-10(13)7-11(14)6-9;/h9-11,13H,2-8,14H2,1H3,(H,15,16);1H. The highest BCUT2D eigenvalue weighted by Gasteiger charge is 2.39. The molecule has 2 aliphatic rings. The minimum atomic E-state index is 0. The molecule has 0 aromatic heterocycles. The Morgan fingerprint density at radius 2 is 1.94 bits per heavy atom. The Bertz CT molecular complexity index is 262. The van der Waals surface area contributed by atoms with E-state index in [1.165, 1.54) is 19.3 Å². The monoisotopic (exact) mass is 276 g/mol. The molecule has 1 amide bonds. The molecule has 2 aliphatic carbocycles. The summed E-state index contributed by atoms with van der Waals surface area (Å²) in [5.74, 6) is 1.20. The van der Waals surface area contributed by atoms with Crippen LogP contribution in [0.3, 0.4) is 0 Å². The van der Waals surface area contributed by atoms with Gasteiger partial charge in [0.05, 0.1) is 0 Å². The average Bonchev–Trinajstić information content (AvgIpc) is 2.27. The van der Waals surface area contributed by atoms with Crippen molar-refractivity contribution in [3.8, 4) is 0 Å². The van der Waals surface area contributed by atoms with Crippen LogP contribution < -0.4 is 11.1 Å². The molecule has 0 aromatic carbocycles. The molecule has 2 bridgehead atoms. The van der Waals surface area contributed by atoms with E-state index in [9.17, 15) is 4.79 Å². The molecular formula is C13H25ClN2O2. The minimum Gasteiger partial charge on any atom is -0.372 e. The number of fused-ring (bicyclic) bond motifs is 2. The molecule has 2 rings (SSSR count). The van der Waals surface area contributed by atoms with Crippen LogP contribution in [-0.4, -0.2) is 31.2 Å². The molecule has 18 heavy (non-hydrogen) atoms. The van der Waals surface area contributed by atoms with Crippen LogP contribution in [0.2, 0.25) is 0 Å². The molecular weight excluding hydrogens is 252 g/mol. The Balaban J connectivity index is 0.00000162. The van der Waals surface area contributed by atoms with Gasteiger partial charge in [-0.15, -0.1) is 12.4 Å². The number of carbonyl (C=O) groups is 1. The summed E-state index contributed by atoms with van der Waals surface area (Å²) in [6, 6.07) is 0.682. The van der Waals surface area contributed by atoms with E-state index in [0.717, 1.165) is 12.8 Å². The van der Waals surface area contributed by atoms with Crippen LogP contribution in [0.25, 0.3) is 0 Å². The van der Waals surface area contributed by atoms with Gasteiger partial charge in [0, 0.05) is 18.7 Å². The zero-order valence-corrected chi connectivity index (χ0v) is 11.9. The highest BCUT2D eigenvalue weighted by Crippen LogP contribution is 2.39. The van der Waals surface area contributed by atoms with Crippen LogP contribution >= 0.6 is 12.4 Å². The molecule has 106 valence electrons. The highest BCUT2D eigenvalue weighted by atomic mass is 35.5. The highest BCUT2D eigenvalue weighted by molar-refractivity contribution is 5.85. The van der Waals surface area contributed by atoms with E-state index in [-0.39, 0.29) is 24.9 Å². The predicted molar refractivity (Wildman–Crippen MR) is 73.7 cm³/mol. The maximum Gasteiger partial charge on any atom is 0.246 e. The fourth-order valence-corrected chi connectivity index (χ4v) is 3.45. The summed E-state index contributed by atoms with van der Waals surface area (Å²) < 4.78 is 5.14. The van der Waals surface area contributed by atoms with Gasteiger partial charge >= 0.3 is 0 Å². The van der Waals surface area contributed by atoms with Crippen molar-refractivity contribution in [1.82, 2.24) is 5.32 Å². The van der Waals surface area contributed by atoms with Crippen LogP contribution in [0.4, 0.5) is 0 Å². The van der Waals surface area contributed by atoms with Crippen molar-refractivity contribution in [3.05, 3.63) is 0 Å². The van der Waals surface area contributed by atoms with Crippen LogP contribution in [0.15, 0.2) is 0 Å². The molecule has 5 heteroatoms. The summed E-state index contributed by atoms with van der Waals surface area (Å²) in [4.78, 5) is 11.7. The molecule has 0 radical (unpaired) electrons. The molecule has 0 heterocycles. The van der Waals surface area contributed by atoms with Crippen LogP contribution in [0, 0.1) is 11.8 Å². The first kappa shape index (κ1) is 15.7. The first-order valence-electron chi connectivity index (χ1n) is 6.83. The van der Waals surface area contributed by atoms with Crippen molar-refractivity contribution < 1.29 is 9.53 Å². The van der Waals surface area contributed by atoms with Crippen molar-refractivity contribution in [1.29, 1.82) is 0 Å². The molecule has 4 nitrogen and oxygen atoms in total. The summed E-state index contributed by atoms with van der Waals surface area (Å²) in [7, 11) is 0. The Labute approximate surface area is 115 Å². The van der Waals surface area contributed by atoms with Crippen LogP contribution in [0.1, 0.15) is 39.0 Å². The van der Waals surface area contributed by atoms with Gasteiger partial charge in [0.2, 0.25) is 5.91 Å². The molecule has 0 spiro atoms. The number of carbonyl (C=O) groups excluding carboxylic acids is 1. The van der Waals surface area contributed by atoms with E-state index in [1.807, 2.05) is 6.92 Å². The molecule has 0 aromatic rings. The smallest absolute Gasteiger partial charge is 0.246 e. The number of nitrogens with two attached hydrogens (primary N) is 1. The van der Waals surface area contributed by atoms with Gasteiger partial charge in [-0.3, -0.25) is 4.79 Å². The molecule has 2 unspecified atom stereocenters. The number of halogens is 1. The fraction of sp³-hybridized carbons (Fsp3) is 0.923. The van der Waals surface area contributed by atoms with E-state index in [4.69, 9.17) is 10.5 Å². The maximum absolute atomic E-state index is 11.7. The third-order valence-corrected chi connectivity index (χ3v) is 4.14. The number of hydrogen-bond acceptors (Lipinski definition) is 3. The average molecular weight is 277 g/mol. The van der Waals surface area contributed by atoms with Crippen molar-refractivity contribution in [3.63, 3.8) is 0 Å². The molecule has 2 saturated carbocycles. The molecule has 2 atom stereocenters. The van der Waals surface area contributed by atoms with Gasteiger partial charge in [-0.25, -0.2) is 0 Å². The fourth-order valence-electron chi connectivity index (χ4n) is 3.45. The maximum atomic E-state index is 11.7. The van der Waals surface area contributed by atoms with Crippen molar-refractivity contribution in [2.24, 2.45) is 17.6 Å². The quantitative estimate of drug-likeness (QED) is 0.817. The molecule has 3 N–H and O–H groups in total. The van der Waals surface area contributed by atoms with Gasteiger partial charge in [-0.05, 0) is 44.4 Å². The Hall–Kier alpha value is -0.320. The second-order valence-electron chi connectivity index (χ2n) is 5.41. The van der Waals surface area contributed by atoms with Crippen molar-refractivity contribution in [2.75, 3.05) is 13.2 Å². The number of ether oxygens (including phenoxy) is 1. The zero-order chi connectivity index (χ0) is 12.3. The van der Waals surface area contributed by atoms with Gasteiger partial charge in [0.15, 0.2) is 0 Å². The lowest BCUT2D eigenvalue weighted by atomic mass is 9.67. The first-order valence-corrected chi connectivity index (χ1v) is 6.83. The predicted octanol–water partition coefficient (Wildman–Crippen LogP) is 1.47. The third-order valence-electron chi connectivity index (χ3n) is 4.14.